The number of carbonyl (C=O) groups excluding carboxylic acids is 1. The van der Waals surface area contributed by atoms with Crippen molar-refractivity contribution in [1.29, 1.82) is 0 Å². The van der Waals surface area contributed by atoms with E-state index < -0.39 is 5.97 Å². The zero-order valence-corrected chi connectivity index (χ0v) is 8.71. The molecule has 2 rings (SSSR count). The Morgan fingerprint density at radius 3 is 2.80 bits per heavy atom. The van der Waals surface area contributed by atoms with Crippen LogP contribution >= 0.6 is 11.6 Å². The molecule has 4 heteroatoms. The number of carboxylic acid groups (broad SMARTS) is 1. The van der Waals surface area contributed by atoms with Gasteiger partial charge in [-0.2, -0.15) is 0 Å². The van der Waals surface area contributed by atoms with E-state index in [0.717, 1.165) is 10.9 Å². The summed E-state index contributed by atoms with van der Waals surface area (Å²) in [5, 5.41) is 11.4. The van der Waals surface area contributed by atoms with Crippen LogP contribution in [0.15, 0.2) is 24.3 Å². The molecule has 1 heterocycles. The minimum Gasteiger partial charge on any atom is -0.545 e. The first-order valence-electron chi connectivity index (χ1n) is 4.36. The van der Waals surface area contributed by atoms with Gasteiger partial charge in [-0.05, 0) is 25.1 Å². The summed E-state index contributed by atoms with van der Waals surface area (Å²) in [7, 11) is 0. The molecule has 0 saturated heterocycles. The van der Waals surface area contributed by atoms with Crippen molar-refractivity contribution in [3.8, 4) is 0 Å². The van der Waals surface area contributed by atoms with Gasteiger partial charge in [-0.15, -0.1) is 0 Å². The molecule has 0 amide bonds. The molecule has 3 nitrogen and oxygen atoms in total. The minimum absolute atomic E-state index is 0.0358. The van der Waals surface area contributed by atoms with Crippen LogP contribution in [-0.4, -0.2) is 11.0 Å². The number of hydrogen-bond donors (Lipinski definition) is 0. The van der Waals surface area contributed by atoms with E-state index in [1.54, 1.807) is 6.07 Å². The number of aromatic carboxylic acids is 1. The van der Waals surface area contributed by atoms with Crippen molar-refractivity contribution in [2.24, 2.45) is 0 Å². The average molecular weight is 221 g/mol. The maximum Gasteiger partial charge on any atom is 0.138 e. The van der Waals surface area contributed by atoms with Crippen molar-refractivity contribution in [3.05, 3.63) is 40.5 Å². The van der Waals surface area contributed by atoms with Crippen molar-refractivity contribution in [2.75, 3.05) is 0 Å². The Morgan fingerprint density at radius 1 is 1.40 bits per heavy atom. The van der Waals surface area contributed by atoms with Crippen LogP contribution in [0.1, 0.15) is 15.9 Å². The Balaban J connectivity index is 2.77. The van der Waals surface area contributed by atoms with Crippen molar-refractivity contribution < 1.29 is 9.90 Å². The van der Waals surface area contributed by atoms with Crippen LogP contribution in [0.3, 0.4) is 0 Å². The molecule has 15 heavy (non-hydrogen) atoms. The third-order valence-corrected chi connectivity index (χ3v) is 2.43. The topological polar surface area (TPSA) is 53.0 Å². The lowest BCUT2D eigenvalue weighted by atomic mass is 10.1. The maximum absolute atomic E-state index is 10.7. The third-order valence-electron chi connectivity index (χ3n) is 2.14. The van der Waals surface area contributed by atoms with Crippen molar-refractivity contribution in [1.82, 2.24) is 4.98 Å². The van der Waals surface area contributed by atoms with Gasteiger partial charge in [-0.1, -0.05) is 23.2 Å². The van der Waals surface area contributed by atoms with Crippen molar-refractivity contribution in [3.63, 3.8) is 0 Å². The smallest absolute Gasteiger partial charge is 0.138 e. The van der Waals surface area contributed by atoms with Crippen LogP contribution in [0.25, 0.3) is 10.9 Å². The Bertz CT molecular complexity index is 552. The van der Waals surface area contributed by atoms with Gasteiger partial charge in [0.25, 0.3) is 0 Å². The van der Waals surface area contributed by atoms with E-state index in [9.17, 15) is 9.90 Å². The number of halogens is 1. The van der Waals surface area contributed by atoms with Crippen LogP contribution in [0.2, 0.25) is 5.15 Å². The van der Waals surface area contributed by atoms with Crippen molar-refractivity contribution >= 4 is 28.5 Å². The van der Waals surface area contributed by atoms with E-state index in [0.29, 0.717) is 5.52 Å². The van der Waals surface area contributed by atoms with Gasteiger partial charge in [0.15, 0.2) is 0 Å². The van der Waals surface area contributed by atoms with Gasteiger partial charge in [0.2, 0.25) is 0 Å². The Labute approximate surface area is 91.3 Å². The minimum atomic E-state index is -1.31. The van der Waals surface area contributed by atoms with Gasteiger partial charge in [-0.3, -0.25) is 0 Å². The predicted octanol–water partition coefficient (Wildman–Crippen LogP) is 1.56. The van der Waals surface area contributed by atoms with E-state index >= 15 is 0 Å². The van der Waals surface area contributed by atoms with E-state index in [1.807, 2.05) is 19.1 Å². The number of fused-ring (bicyclic) bond motifs is 1. The summed E-state index contributed by atoms with van der Waals surface area (Å²) >= 11 is 5.71. The first-order chi connectivity index (χ1) is 7.08. The molecule has 0 aliphatic rings. The Morgan fingerprint density at radius 2 is 2.13 bits per heavy atom. The highest BCUT2D eigenvalue weighted by atomic mass is 35.5. The fourth-order valence-electron chi connectivity index (χ4n) is 1.42. The molecule has 0 bridgehead atoms. The fraction of sp³-hybridized carbons (Fsp3) is 0.0909. The lowest BCUT2D eigenvalue weighted by Crippen LogP contribution is -2.22. The summed E-state index contributed by atoms with van der Waals surface area (Å²) in [5.74, 6) is -1.31. The second-order valence-electron chi connectivity index (χ2n) is 3.31. The monoisotopic (exact) mass is 220 g/mol. The number of pyridine rings is 1. The molecule has 0 N–H and O–H groups in total. The highest BCUT2D eigenvalue weighted by Gasteiger charge is 2.05. The van der Waals surface area contributed by atoms with Crippen LogP contribution < -0.4 is 5.11 Å². The molecule has 0 aliphatic heterocycles. The molecular formula is C11H7ClNO2-. The van der Waals surface area contributed by atoms with Crippen LogP contribution in [0, 0.1) is 6.92 Å². The van der Waals surface area contributed by atoms with Gasteiger partial charge < -0.3 is 9.90 Å². The van der Waals surface area contributed by atoms with Crippen LogP contribution in [0.5, 0.6) is 0 Å². The summed E-state index contributed by atoms with van der Waals surface area (Å²) < 4.78 is 0. The number of nitrogens with zero attached hydrogens (tertiary/aromatic N) is 1. The summed E-state index contributed by atoms with van der Waals surface area (Å²) in [6, 6.07) is 7.03. The molecule has 1 aromatic carbocycles. The van der Waals surface area contributed by atoms with Gasteiger partial charge in [0.05, 0.1) is 11.5 Å². The highest BCUT2D eigenvalue weighted by Crippen LogP contribution is 2.20. The Kier molecular flexibility index (Phi) is 2.32. The van der Waals surface area contributed by atoms with E-state index in [1.165, 1.54) is 6.07 Å². The number of carboxylic acids is 1. The lowest BCUT2D eigenvalue weighted by Gasteiger charge is -2.06. The van der Waals surface area contributed by atoms with E-state index in [4.69, 9.17) is 11.6 Å². The molecule has 76 valence electrons. The lowest BCUT2D eigenvalue weighted by molar-refractivity contribution is -0.255. The number of aryl methyl sites for hydroxylation is 1. The van der Waals surface area contributed by atoms with Gasteiger partial charge in [-0.25, -0.2) is 4.98 Å². The number of hydrogen-bond acceptors (Lipinski definition) is 3. The van der Waals surface area contributed by atoms with Gasteiger partial charge in [0.1, 0.15) is 5.15 Å². The number of benzene rings is 1. The standard InChI is InChI=1S/C11H8ClNO2/c1-6-2-3-9-7(4-6)5-8(11(14)15)10(12)13-9/h2-5H,1H3,(H,14,15)/p-1. The number of aromatic nitrogens is 1. The summed E-state index contributed by atoms with van der Waals surface area (Å²) in [5.41, 5.74) is 1.64. The molecule has 1 aromatic heterocycles. The summed E-state index contributed by atoms with van der Waals surface area (Å²) in [6.45, 7) is 1.92. The zero-order valence-electron chi connectivity index (χ0n) is 7.95. The largest absolute Gasteiger partial charge is 0.545 e. The second-order valence-corrected chi connectivity index (χ2v) is 3.67. The molecule has 0 unspecified atom stereocenters. The molecule has 0 atom stereocenters. The first-order valence-corrected chi connectivity index (χ1v) is 4.74. The van der Waals surface area contributed by atoms with Gasteiger partial charge >= 0.3 is 0 Å². The molecule has 0 aliphatic carbocycles. The normalized spacial score (nSPS) is 10.5. The number of rotatable bonds is 1. The molecule has 2 aromatic rings. The van der Waals surface area contributed by atoms with E-state index in [-0.39, 0.29) is 10.7 Å². The number of carbonyl (C=O) groups is 1. The zero-order chi connectivity index (χ0) is 11.0. The molecule has 0 fully saturated rings. The third kappa shape index (κ3) is 1.78. The SMILES string of the molecule is Cc1ccc2nc(Cl)c(C(=O)[O-])cc2c1. The van der Waals surface area contributed by atoms with E-state index in [2.05, 4.69) is 4.98 Å². The quantitative estimate of drug-likeness (QED) is 0.686. The van der Waals surface area contributed by atoms with Crippen LogP contribution in [0.4, 0.5) is 0 Å². The average Bonchev–Trinajstić information content (AvgIpc) is 2.17. The van der Waals surface area contributed by atoms with Crippen molar-refractivity contribution in [2.45, 2.75) is 6.92 Å². The van der Waals surface area contributed by atoms with Gasteiger partial charge in [0, 0.05) is 10.9 Å². The maximum atomic E-state index is 10.7. The molecule has 0 saturated carbocycles. The molecule has 0 radical (unpaired) electrons. The summed E-state index contributed by atoms with van der Waals surface area (Å²) in [6.07, 6.45) is 0. The predicted molar refractivity (Wildman–Crippen MR) is 55.8 cm³/mol. The molecular weight excluding hydrogens is 214 g/mol. The fourth-order valence-corrected chi connectivity index (χ4v) is 1.64. The molecule has 0 spiro atoms. The first kappa shape index (κ1) is 9.93. The summed E-state index contributed by atoms with van der Waals surface area (Å²) in [4.78, 5) is 14.7. The second kappa shape index (κ2) is 3.51. The Hall–Kier alpha value is -1.61. The highest BCUT2D eigenvalue weighted by molar-refractivity contribution is 6.32. The van der Waals surface area contributed by atoms with Crippen LogP contribution in [-0.2, 0) is 0 Å².